The third kappa shape index (κ3) is 3.72. The van der Waals surface area contributed by atoms with Gasteiger partial charge in [0.05, 0.1) is 10.6 Å². The van der Waals surface area contributed by atoms with Crippen LogP contribution in [0.3, 0.4) is 0 Å². The van der Waals surface area contributed by atoms with Crippen molar-refractivity contribution in [3.8, 4) is 11.3 Å². The summed E-state index contributed by atoms with van der Waals surface area (Å²) in [5, 5.41) is 0.672. The number of nitrogens with zero attached hydrogens (tertiary/aromatic N) is 1. The lowest BCUT2D eigenvalue weighted by Gasteiger charge is -2.14. The molecule has 2 heterocycles. The van der Waals surface area contributed by atoms with Gasteiger partial charge in [-0.3, -0.25) is 9.69 Å². The third-order valence-corrected chi connectivity index (χ3v) is 5.64. The number of thioether (sulfide) groups is 1. The maximum absolute atomic E-state index is 12.8. The van der Waals surface area contributed by atoms with Crippen LogP contribution in [0.2, 0.25) is 5.02 Å². The monoisotopic (exact) mass is 411 g/mol. The van der Waals surface area contributed by atoms with Gasteiger partial charge < -0.3 is 4.42 Å². The van der Waals surface area contributed by atoms with Gasteiger partial charge in [-0.15, -0.1) is 0 Å². The third-order valence-electron chi connectivity index (χ3n) is 4.08. The molecular weight excluding hydrogens is 398 g/mol. The van der Waals surface area contributed by atoms with Gasteiger partial charge in [0.2, 0.25) is 0 Å². The molecule has 1 aliphatic rings. The Morgan fingerprint density at radius 2 is 1.89 bits per heavy atom. The molecule has 0 unspecified atom stereocenters. The van der Waals surface area contributed by atoms with Crippen LogP contribution in [0.4, 0.5) is 5.69 Å². The van der Waals surface area contributed by atoms with E-state index in [2.05, 4.69) is 0 Å². The molecule has 2 aromatic carbocycles. The normalized spacial score (nSPS) is 15.8. The second-order valence-corrected chi connectivity index (χ2v) is 8.18. The highest BCUT2D eigenvalue weighted by atomic mass is 35.5. The lowest BCUT2D eigenvalue weighted by molar-refractivity contribution is -0.113. The summed E-state index contributed by atoms with van der Waals surface area (Å²) in [6.07, 6.45) is 1.73. The zero-order chi connectivity index (χ0) is 19.0. The van der Waals surface area contributed by atoms with Gasteiger partial charge >= 0.3 is 0 Å². The van der Waals surface area contributed by atoms with Gasteiger partial charge in [-0.25, -0.2) is 0 Å². The summed E-state index contributed by atoms with van der Waals surface area (Å²) in [6, 6.07) is 18.8. The lowest BCUT2D eigenvalue weighted by atomic mass is 10.2. The van der Waals surface area contributed by atoms with Crippen LogP contribution in [0.5, 0.6) is 0 Å². The molecule has 0 radical (unpaired) electrons. The molecular formula is C21H14ClNO2S2. The maximum Gasteiger partial charge on any atom is 0.270 e. The highest BCUT2D eigenvalue weighted by Gasteiger charge is 2.33. The number of carbonyl (C=O) groups is 1. The average Bonchev–Trinajstić information content (AvgIpc) is 3.21. The van der Waals surface area contributed by atoms with Crippen LogP contribution in [0.1, 0.15) is 11.3 Å². The predicted octanol–water partition coefficient (Wildman–Crippen LogP) is 6.31. The number of anilines is 1. The molecule has 1 aromatic heterocycles. The molecule has 0 aliphatic carbocycles. The summed E-state index contributed by atoms with van der Waals surface area (Å²) in [4.78, 5) is 14.9. The molecule has 1 fully saturated rings. The van der Waals surface area contributed by atoms with Gasteiger partial charge in [0, 0.05) is 16.7 Å². The molecule has 1 amide bonds. The Bertz CT molecular complexity index is 1070. The lowest BCUT2D eigenvalue weighted by Crippen LogP contribution is -2.27. The van der Waals surface area contributed by atoms with Crippen molar-refractivity contribution in [2.75, 3.05) is 4.90 Å². The number of halogens is 1. The van der Waals surface area contributed by atoms with Crippen LogP contribution in [-0.4, -0.2) is 10.2 Å². The van der Waals surface area contributed by atoms with E-state index in [1.807, 2.05) is 67.6 Å². The standard InChI is InChI=1S/C21H14ClNO2S2/c1-13-3-2-4-16(11-13)23-20(24)19(27-21(23)26)12-17-9-10-18(25-17)14-5-7-15(22)8-6-14/h2-12H,1H3/b19-12-. The molecule has 4 rings (SSSR count). The molecule has 0 saturated carbocycles. The first-order valence-corrected chi connectivity index (χ1v) is 9.82. The molecule has 0 atom stereocenters. The molecule has 3 nitrogen and oxygen atoms in total. The Morgan fingerprint density at radius 3 is 2.63 bits per heavy atom. The van der Waals surface area contributed by atoms with Crippen LogP contribution in [-0.2, 0) is 4.79 Å². The van der Waals surface area contributed by atoms with E-state index in [-0.39, 0.29) is 5.91 Å². The van der Waals surface area contributed by atoms with Gasteiger partial charge in [-0.1, -0.05) is 47.7 Å². The molecule has 0 spiro atoms. The Labute approximate surface area is 171 Å². The van der Waals surface area contributed by atoms with Crippen LogP contribution < -0.4 is 4.90 Å². The summed E-state index contributed by atoms with van der Waals surface area (Å²) in [5.74, 6) is 1.18. The van der Waals surface area contributed by atoms with Crippen molar-refractivity contribution in [3.05, 3.63) is 81.9 Å². The van der Waals surface area contributed by atoms with Gasteiger partial charge in [0.1, 0.15) is 11.5 Å². The molecule has 3 aromatic rings. The van der Waals surface area contributed by atoms with E-state index in [1.165, 1.54) is 11.8 Å². The minimum atomic E-state index is -0.139. The quantitative estimate of drug-likeness (QED) is 0.373. The second kappa shape index (κ2) is 7.35. The van der Waals surface area contributed by atoms with E-state index in [9.17, 15) is 4.79 Å². The first-order chi connectivity index (χ1) is 13.0. The smallest absolute Gasteiger partial charge is 0.270 e. The summed E-state index contributed by atoms with van der Waals surface area (Å²) >= 11 is 12.6. The van der Waals surface area contributed by atoms with Crippen LogP contribution in [0, 0.1) is 6.92 Å². The van der Waals surface area contributed by atoms with E-state index in [0.717, 1.165) is 16.8 Å². The zero-order valence-electron chi connectivity index (χ0n) is 14.3. The Balaban J connectivity index is 1.61. The van der Waals surface area contributed by atoms with Crippen molar-refractivity contribution in [3.63, 3.8) is 0 Å². The molecule has 1 aliphatic heterocycles. The highest BCUT2D eigenvalue weighted by molar-refractivity contribution is 8.27. The molecule has 1 saturated heterocycles. The van der Waals surface area contributed by atoms with E-state index >= 15 is 0 Å². The summed E-state index contributed by atoms with van der Waals surface area (Å²) < 4.78 is 6.38. The number of benzene rings is 2. The zero-order valence-corrected chi connectivity index (χ0v) is 16.7. The predicted molar refractivity (Wildman–Crippen MR) is 116 cm³/mol. The minimum absolute atomic E-state index is 0.139. The number of hydrogen-bond acceptors (Lipinski definition) is 4. The Hall–Kier alpha value is -2.34. The number of carbonyl (C=O) groups excluding carboxylic acids is 1. The maximum atomic E-state index is 12.8. The number of amides is 1. The second-order valence-electron chi connectivity index (χ2n) is 6.07. The molecule has 0 N–H and O–H groups in total. The van der Waals surface area contributed by atoms with Gasteiger partial charge in [-0.2, -0.15) is 0 Å². The van der Waals surface area contributed by atoms with E-state index in [4.69, 9.17) is 28.2 Å². The van der Waals surface area contributed by atoms with E-state index < -0.39 is 0 Å². The minimum Gasteiger partial charge on any atom is -0.457 e. The summed E-state index contributed by atoms with van der Waals surface area (Å²) in [7, 11) is 0. The Morgan fingerprint density at radius 1 is 1.11 bits per heavy atom. The van der Waals surface area contributed by atoms with Gasteiger partial charge in [-0.05, 0) is 61.0 Å². The fourth-order valence-electron chi connectivity index (χ4n) is 2.79. The van der Waals surface area contributed by atoms with Crippen LogP contribution >= 0.6 is 35.6 Å². The molecule has 6 heteroatoms. The van der Waals surface area contributed by atoms with Crippen molar-refractivity contribution >= 4 is 57.6 Å². The van der Waals surface area contributed by atoms with Gasteiger partial charge in [0.25, 0.3) is 5.91 Å². The highest BCUT2D eigenvalue weighted by Crippen LogP contribution is 2.36. The SMILES string of the molecule is Cc1cccc(N2C(=O)/C(=C/c3ccc(-c4ccc(Cl)cc4)o3)SC2=S)c1. The first kappa shape index (κ1) is 18.0. The molecule has 134 valence electrons. The van der Waals surface area contributed by atoms with E-state index in [0.29, 0.717) is 25.8 Å². The fourth-order valence-corrected chi connectivity index (χ4v) is 4.19. The average molecular weight is 412 g/mol. The van der Waals surface area contributed by atoms with Crippen LogP contribution in [0.25, 0.3) is 17.4 Å². The Kier molecular flexibility index (Phi) is 4.91. The number of rotatable bonds is 3. The van der Waals surface area contributed by atoms with Crippen molar-refractivity contribution in [1.29, 1.82) is 0 Å². The number of thiocarbonyl (C=S) groups is 1. The van der Waals surface area contributed by atoms with Crippen LogP contribution in [0.15, 0.2) is 70.0 Å². The summed E-state index contributed by atoms with van der Waals surface area (Å²) in [6.45, 7) is 1.98. The van der Waals surface area contributed by atoms with Crippen molar-refractivity contribution in [2.24, 2.45) is 0 Å². The number of hydrogen-bond donors (Lipinski definition) is 0. The molecule has 0 bridgehead atoms. The topological polar surface area (TPSA) is 33.5 Å². The van der Waals surface area contributed by atoms with Crippen molar-refractivity contribution in [2.45, 2.75) is 6.92 Å². The molecule has 27 heavy (non-hydrogen) atoms. The first-order valence-electron chi connectivity index (χ1n) is 8.22. The summed E-state index contributed by atoms with van der Waals surface area (Å²) in [5.41, 5.74) is 2.78. The van der Waals surface area contributed by atoms with Crippen molar-refractivity contribution in [1.82, 2.24) is 0 Å². The van der Waals surface area contributed by atoms with Gasteiger partial charge in [0.15, 0.2) is 4.32 Å². The largest absolute Gasteiger partial charge is 0.457 e. The fraction of sp³-hybridized carbons (Fsp3) is 0.0476. The van der Waals surface area contributed by atoms with E-state index in [1.54, 1.807) is 11.0 Å². The van der Waals surface area contributed by atoms with Crippen molar-refractivity contribution < 1.29 is 9.21 Å². The number of aryl methyl sites for hydroxylation is 1. The number of furan rings is 1.